The van der Waals surface area contributed by atoms with Crippen molar-refractivity contribution in [3.63, 3.8) is 0 Å². The van der Waals surface area contributed by atoms with E-state index in [1.54, 1.807) is 23.0 Å². The van der Waals surface area contributed by atoms with Gasteiger partial charge in [0.05, 0.1) is 19.4 Å². The Morgan fingerprint density at radius 3 is 2.76 bits per heavy atom. The summed E-state index contributed by atoms with van der Waals surface area (Å²) in [4.78, 5) is 14.4. The van der Waals surface area contributed by atoms with Crippen LogP contribution >= 0.6 is 0 Å². The van der Waals surface area contributed by atoms with Crippen LogP contribution in [0.1, 0.15) is 16.7 Å². The highest BCUT2D eigenvalue weighted by molar-refractivity contribution is 5.91. The Labute approximate surface area is 148 Å². The van der Waals surface area contributed by atoms with Crippen LogP contribution in [0.4, 0.5) is 0 Å². The third-order valence-electron chi connectivity index (χ3n) is 4.22. The van der Waals surface area contributed by atoms with Crippen molar-refractivity contribution in [3.05, 3.63) is 59.4 Å². The van der Waals surface area contributed by atoms with E-state index in [0.29, 0.717) is 6.54 Å². The fraction of sp³-hybridized carbons (Fsp3) is 0.368. The lowest BCUT2D eigenvalue weighted by Crippen LogP contribution is -2.36. The van der Waals surface area contributed by atoms with E-state index in [1.807, 2.05) is 25.4 Å². The van der Waals surface area contributed by atoms with Gasteiger partial charge in [-0.05, 0) is 17.2 Å². The van der Waals surface area contributed by atoms with E-state index in [-0.39, 0.29) is 5.91 Å². The Balaban J connectivity index is 1.55. The monoisotopic (exact) mass is 340 g/mol. The van der Waals surface area contributed by atoms with Crippen LogP contribution in [-0.4, -0.2) is 46.9 Å². The zero-order valence-electron chi connectivity index (χ0n) is 14.5. The van der Waals surface area contributed by atoms with Gasteiger partial charge in [0, 0.05) is 51.1 Å². The number of carbonyl (C=O) groups excluding carboxylic acids is 1. The molecule has 0 saturated carbocycles. The summed E-state index contributed by atoms with van der Waals surface area (Å²) in [6.07, 6.45) is 6.90. The first kappa shape index (κ1) is 17.4. The van der Waals surface area contributed by atoms with E-state index in [0.717, 1.165) is 44.0 Å². The van der Waals surface area contributed by atoms with Gasteiger partial charge < -0.3 is 10.1 Å². The molecule has 132 valence electrons. The number of rotatable bonds is 6. The van der Waals surface area contributed by atoms with Crippen molar-refractivity contribution < 1.29 is 9.53 Å². The standard InChI is InChI=1S/C19H24N4O2/c1-22-14-16(12-21-22)6-7-19(24)20-13-17-4-2-3-5-18(17)15-23-8-10-25-11-9-23/h2-7,12,14H,8-11,13,15H2,1H3,(H,20,24). The van der Waals surface area contributed by atoms with Crippen LogP contribution in [0.5, 0.6) is 0 Å². The fourth-order valence-corrected chi connectivity index (χ4v) is 2.82. The Morgan fingerprint density at radius 2 is 2.04 bits per heavy atom. The predicted octanol–water partition coefficient (Wildman–Crippen LogP) is 1.58. The van der Waals surface area contributed by atoms with E-state index < -0.39 is 0 Å². The van der Waals surface area contributed by atoms with Gasteiger partial charge in [-0.3, -0.25) is 14.4 Å². The second kappa shape index (κ2) is 8.60. The average Bonchev–Trinajstić information content (AvgIpc) is 3.05. The fourth-order valence-electron chi connectivity index (χ4n) is 2.82. The topological polar surface area (TPSA) is 59.4 Å². The third-order valence-corrected chi connectivity index (χ3v) is 4.22. The molecule has 1 aliphatic rings. The Morgan fingerprint density at radius 1 is 1.28 bits per heavy atom. The number of benzene rings is 1. The summed E-state index contributed by atoms with van der Waals surface area (Å²) in [7, 11) is 1.85. The number of carbonyl (C=O) groups is 1. The van der Waals surface area contributed by atoms with Crippen LogP contribution in [0.3, 0.4) is 0 Å². The molecule has 3 rings (SSSR count). The molecule has 0 radical (unpaired) electrons. The van der Waals surface area contributed by atoms with Crippen LogP contribution in [0.15, 0.2) is 42.7 Å². The highest BCUT2D eigenvalue weighted by atomic mass is 16.5. The Bertz CT molecular complexity index is 733. The van der Waals surface area contributed by atoms with E-state index in [4.69, 9.17) is 4.74 Å². The molecule has 2 heterocycles. The molecule has 1 aromatic heterocycles. The molecular weight excluding hydrogens is 316 g/mol. The van der Waals surface area contributed by atoms with Crippen LogP contribution in [0.2, 0.25) is 0 Å². The molecule has 6 heteroatoms. The molecule has 1 fully saturated rings. The summed E-state index contributed by atoms with van der Waals surface area (Å²) >= 11 is 0. The van der Waals surface area contributed by atoms with E-state index in [1.165, 1.54) is 5.56 Å². The number of hydrogen-bond acceptors (Lipinski definition) is 4. The predicted molar refractivity (Wildman–Crippen MR) is 96.6 cm³/mol. The second-order valence-corrected chi connectivity index (χ2v) is 6.16. The third kappa shape index (κ3) is 5.27. The maximum atomic E-state index is 12.0. The summed E-state index contributed by atoms with van der Waals surface area (Å²) in [6.45, 7) is 4.90. The summed E-state index contributed by atoms with van der Waals surface area (Å²) in [6, 6.07) is 8.25. The highest BCUT2D eigenvalue weighted by Gasteiger charge is 2.12. The van der Waals surface area contributed by atoms with Crippen molar-refractivity contribution in [2.45, 2.75) is 13.1 Å². The molecule has 0 aliphatic carbocycles. The smallest absolute Gasteiger partial charge is 0.244 e. The zero-order chi connectivity index (χ0) is 17.5. The maximum Gasteiger partial charge on any atom is 0.244 e. The Kier molecular flexibility index (Phi) is 5.98. The van der Waals surface area contributed by atoms with Crippen LogP contribution in [0, 0.1) is 0 Å². The van der Waals surface area contributed by atoms with Gasteiger partial charge in [0.1, 0.15) is 0 Å². The van der Waals surface area contributed by atoms with Gasteiger partial charge in [-0.2, -0.15) is 5.10 Å². The first-order valence-corrected chi connectivity index (χ1v) is 8.52. The van der Waals surface area contributed by atoms with Crippen molar-refractivity contribution >= 4 is 12.0 Å². The van der Waals surface area contributed by atoms with Crippen LogP contribution < -0.4 is 5.32 Å². The van der Waals surface area contributed by atoms with Crippen LogP contribution in [0.25, 0.3) is 6.08 Å². The summed E-state index contributed by atoms with van der Waals surface area (Å²) in [5.41, 5.74) is 3.31. The van der Waals surface area contributed by atoms with Gasteiger partial charge in [0.25, 0.3) is 0 Å². The quantitative estimate of drug-likeness (QED) is 0.811. The van der Waals surface area contributed by atoms with Gasteiger partial charge in [-0.1, -0.05) is 24.3 Å². The minimum atomic E-state index is -0.106. The summed E-state index contributed by atoms with van der Waals surface area (Å²) in [5.74, 6) is -0.106. The molecule has 25 heavy (non-hydrogen) atoms. The van der Waals surface area contributed by atoms with Crippen molar-refractivity contribution in [2.24, 2.45) is 7.05 Å². The van der Waals surface area contributed by atoms with Gasteiger partial charge in [-0.25, -0.2) is 0 Å². The van der Waals surface area contributed by atoms with Gasteiger partial charge in [-0.15, -0.1) is 0 Å². The molecule has 0 atom stereocenters. The van der Waals surface area contributed by atoms with Gasteiger partial charge >= 0.3 is 0 Å². The summed E-state index contributed by atoms with van der Waals surface area (Å²) in [5, 5.41) is 7.03. The van der Waals surface area contributed by atoms with Gasteiger partial charge in [0.15, 0.2) is 0 Å². The van der Waals surface area contributed by atoms with E-state index in [9.17, 15) is 4.79 Å². The van der Waals surface area contributed by atoms with Crippen molar-refractivity contribution in [2.75, 3.05) is 26.3 Å². The van der Waals surface area contributed by atoms with Crippen molar-refractivity contribution in [1.29, 1.82) is 0 Å². The van der Waals surface area contributed by atoms with E-state index >= 15 is 0 Å². The van der Waals surface area contributed by atoms with Crippen molar-refractivity contribution in [3.8, 4) is 0 Å². The highest BCUT2D eigenvalue weighted by Crippen LogP contribution is 2.13. The normalized spacial score (nSPS) is 15.6. The minimum Gasteiger partial charge on any atom is -0.379 e. The summed E-state index contributed by atoms with van der Waals surface area (Å²) < 4.78 is 7.11. The molecule has 6 nitrogen and oxygen atoms in total. The number of aryl methyl sites for hydroxylation is 1. The molecule has 2 aromatic rings. The lowest BCUT2D eigenvalue weighted by molar-refractivity contribution is -0.116. The number of aromatic nitrogens is 2. The molecular formula is C19H24N4O2. The number of morpholine rings is 1. The van der Waals surface area contributed by atoms with E-state index in [2.05, 4.69) is 27.4 Å². The largest absolute Gasteiger partial charge is 0.379 e. The van der Waals surface area contributed by atoms with Crippen LogP contribution in [-0.2, 0) is 29.7 Å². The number of hydrogen-bond donors (Lipinski definition) is 1. The minimum absolute atomic E-state index is 0.106. The number of nitrogens with one attached hydrogen (secondary N) is 1. The lowest BCUT2D eigenvalue weighted by atomic mass is 10.1. The molecule has 1 aliphatic heterocycles. The first-order valence-electron chi connectivity index (χ1n) is 8.52. The van der Waals surface area contributed by atoms with Gasteiger partial charge in [0.2, 0.25) is 5.91 Å². The molecule has 1 N–H and O–H groups in total. The lowest BCUT2D eigenvalue weighted by Gasteiger charge is -2.27. The molecule has 0 unspecified atom stereocenters. The molecule has 0 spiro atoms. The Hall–Kier alpha value is -2.44. The van der Waals surface area contributed by atoms with Crippen molar-refractivity contribution in [1.82, 2.24) is 20.0 Å². The SMILES string of the molecule is Cn1cc(C=CC(=O)NCc2ccccc2CN2CCOCC2)cn1. The molecule has 0 bridgehead atoms. The maximum absolute atomic E-state index is 12.0. The molecule has 1 aromatic carbocycles. The molecule has 1 saturated heterocycles. The number of amides is 1. The number of ether oxygens (including phenoxy) is 1. The first-order chi connectivity index (χ1) is 12.2. The second-order valence-electron chi connectivity index (χ2n) is 6.16. The molecule has 1 amide bonds. The number of nitrogens with zero attached hydrogens (tertiary/aromatic N) is 3. The average molecular weight is 340 g/mol. The zero-order valence-corrected chi connectivity index (χ0v) is 14.5.